The van der Waals surface area contributed by atoms with Gasteiger partial charge in [0.15, 0.2) is 0 Å². The van der Waals surface area contributed by atoms with Crippen molar-refractivity contribution < 1.29 is 14.9 Å². The molecular formula is C23H22ClN5O3. The lowest BCUT2D eigenvalue weighted by atomic mass is 9.64. The van der Waals surface area contributed by atoms with Crippen molar-refractivity contribution >= 4 is 39.4 Å². The molecule has 4 N–H and O–H groups in total. The quantitative estimate of drug-likeness (QED) is 0.437. The van der Waals surface area contributed by atoms with Gasteiger partial charge in [0.1, 0.15) is 29.6 Å². The minimum atomic E-state index is -0.891. The number of aliphatic hydroxyl groups is 2. The molecule has 32 heavy (non-hydrogen) atoms. The van der Waals surface area contributed by atoms with Gasteiger partial charge in [-0.25, -0.2) is 9.97 Å². The van der Waals surface area contributed by atoms with Crippen molar-refractivity contribution in [3.05, 3.63) is 54.1 Å². The summed E-state index contributed by atoms with van der Waals surface area (Å²) in [5, 5.41) is 24.1. The summed E-state index contributed by atoms with van der Waals surface area (Å²) in [6.07, 6.45) is 5.12. The minimum Gasteiger partial charge on any atom is -0.490 e. The van der Waals surface area contributed by atoms with Gasteiger partial charge in [0.25, 0.3) is 0 Å². The van der Waals surface area contributed by atoms with Crippen molar-refractivity contribution in [3.8, 4) is 5.75 Å². The molecular weight excluding hydrogens is 430 g/mol. The van der Waals surface area contributed by atoms with Crippen LogP contribution in [0.4, 0.5) is 5.82 Å². The molecule has 6 rings (SSSR count). The highest BCUT2D eigenvalue weighted by molar-refractivity contribution is 6.31. The van der Waals surface area contributed by atoms with Crippen LogP contribution in [0.1, 0.15) is 25.3 Å². The van der Waals surface area contributed by atoms with E-state index in [1.54, 1.807) is 6.20 Å². The summed E-state index contributed by atoms with van der Waals surface area (Å²) in [7, 11) is 0. The predicted molar refractivity (Wildman–Crippen MR) is 120 cm³/mol. The van der Waals surface area contributed by atoms with E-state index < -0.39 is 12.2 Å². The molecule has 2 fully saturated rings. The molecule has 4 aromatic rings. The molecule has 0 saturated heterocycles. The molecule has 2 aliphatic carbocycles. The van der Waals surface area contributed by atoms with E-state index in [-0.39, 0.29) is 17.6 Å². The summed E-state index contributed by atoms with van der Waals surface area (Å²) < 4.78 is 8.07. The number of nitrogens with two attached hydrogens (primary N) is 1. The summed E-state index contributed by atoms with van der Waals surface area (Å²) in [6, 6.07) is 9.17. The minimum absolute atomic E-state index is 0.0280. The van der Waals surface area contributed by atoms with Crippen LogP contribution in [-0.4, -0.2) is 48.0 Å². The van der Waals surface area contributed by atoms with E-state index in [9.17, 15) is 10.2 Å². The molecule has 3 atom stereocenters. The second-order valence-corrected chi connectivity index (χ2v) is 9.38. The summed E-state index contributed by atoms with van der Waals surface area (Å²) in [6.45, 7) is 0. The number of benzene rings is 1. The molecule has 8 nitrogen and oxygen atoms in total. The van der Waals surface area contributed by atoms with Crippen LogP contribution in [0.3, 0.4) is 0 Å². The fourth-order valence-corrected chi connectivity index (χ4v) is 5.60. The van der Waals surface area contributed by atoms with Crippen LogP contribution in [-0.2, 0) is 0 Å². The largest absolute Gasteiger partial charge is 0.490 e. The maximum Gasteiger partial charge on any atom is 0.145 e. The van der Waals surface area contributed by atoms with Crippen LogP contribution >= 0.6 is 11.6 Å². The van der Waals surface area contributed by atoms with Gasteiger partial charge in [-0.1, -0.05) is 11.6 Å². The maximum atomic E-state index is 10.9. The number of nitrogen functional groups attached to an aromatic ring is 1. The first-order valence-corrected chi connectivity index (χ1v) is 11.0. The molecule has 9 heteroatoms. The van der Waals surface area contributed by atoms with Crippen LogP contribution < -0.4 is 10.5 Å². The third-order valence-corrected chi connectivity index (χ3v) is 7.26. The zero-order chi connectivity index (χ0) is 22.0. The Morgan fingerprint density at radius 1 is 1.09 bits per heavy atom. The Labute approximate surface area is 188 Å². The van der Waals surface area contributed by atoms with Crippen molar-refractivity contribution in [2.24, 2.45) is 5.41 Å². The lowest BCUT2D eigenvalue weighted by Gasteiger charge is -2.47. The van der Waals surface area contributed by atoms with E-state index in [1.165, 1.54) is 6.33 Å². The first-order chi connectivity index (χ1) is 15.4. The molecule has 0 unspecified atom stereocenters. The summed E-state index contributed by atoms with van der Waals surface area (Å²) in [5.41, 5.74) is 7.05. The van der Waals surface area contributed by atoms with Gasteiger partial charge in [-0.3, -0.25) is 4.98 Å². The Kier molecular flexibility index (Phi) is 4.33. The lowest BCUT2D eigenvalue weighted by Crippen LogP contribution is -2.50. The van der Waals surface area contributed by atoms with E-state index in [1.807, 2.05) is 41.1 Å². The number of pyridine rings is 1. The SMILES string of the molecule is Nc1ncnc2c1ccn2[C@@H]1CC2(CC(Oc3ccc4cc(Cl)cnc4c3)C2)[C@@H](O)[C@H]1O. The highest BCUT2D eigenvalue weighted by Crippen LogP contribution is 2.57. The average Bonchev–Trinajstić information content (AvgIpc) is 3.29. The van der Waals surface area contributed by atoms with Crippen molar-refractivity contribution in [2.45, 2.75) is 43.6 Å². The number of aromatic nitrogens is 4. The third kappa shape index (κ3) is 2.94. The molecule has 0 radical (unpaired) electrons. The Morgan fingerprint density at radius 3 is 2.78 bits per heavy atom. The zero-order valence-electron chi connectivity index (χ0n) is 17.1. The van der Waals surface area contributed by atoms with Crippen LogP contribution in [0.2, 0.25) is 5.02 Å². The second-order valence-electron chi connectivity index (χ2n) is 8.94. The Balaban J connectivity index is 1.20. The van der Waals surface area contributed by atoms with Crippen LogP contribution in [0, 0.1) is 5.41 Å². The predicted octanol–water partition coefficient (Wildman–Crippen LogP) is 3.11. The molecule has 0 amide bonds. The number of hydrogen-bond donors (Lipinski definition) is 3. The second kappa shape index (κ2) is 7.03. The Hall–Kier alpha value is -2.94. The fourth-order valence-electron chi connectivity index (χ4n) is 5.43. The number of anilines is 1. The van der Waals surface area contributed by atoms with Gasteiger partial charge < -0.3 is 25.3 Å². The first kappa shape index (κ1) is 19.7. The normalized spacial score (nSPS) is 29.6. The van der Waals surface area contributed by atoms with Gasteiger partial charge in [-0.15, -0.1) is 0 Å². The van der Waals surface area contributed by atoms with Crippen LogP contribution in [0.15, 0.2) is 49.1 Å². The Morgan fingerprint density at radius 2 is 1.94 bits per heavy atom. The van der Waals surface area contributed by atoms with Crippen LogP contribution in [0.5, 0.6) is 5.75 Å². The maximum absolute atomic E-state index is 10.9. The van der Waals surface area contributed by atoms with Crippen LogP contribution in [0.25, 0.3) is 21.9 Å². The zero-order valence-corrected chi connectivity index (χ0v) is 17.9. The molecule has 0 bridgehead atoms. The van der Waals surface area contributed by atoms with E-state index >= 15 is 0 Å². The Bertz CT molecular complexity index is 1340. The number of hydrogen-bond acceptors (Lipinski definition) is 7. The smallest absolute Gasteiger partial charge is 0.145 e. The van der Waals surface area contributed by atoms with Gasteiger partial charge >= 0.3 is 0 Å². The molecule has 3 aromatic heterocycles. The highest BCUT2D eigenvalue weighted by atomic mass is 35.5. The summed E-state index contributed by atoms with van der Waals surface area (Å²) in [4.78, 5) is 12.7. The number of nitrogens with zero attached hydrogens (tertiary/aromatic N) is 4. The van der Waals surface area contributed by atoms with Crippen molar-refractivity contribution in [1.29, 1.82) is 0 Å². The van der Waals surface area contributed by atoms with Crippen molar-refractivity contribution in [3.63, 3.8) is 0 Å². The highest BCUT2D eigenvalue weighted by Gasteiger charge is 2.60. The van der Waals surface area contributed by atoms with E-state index in [0.717, 1.165) is 22.0 Å². The number of rotatable bonds is 3. The van der Waals surface area contributed by atoms with Crippen molar-refractivity contribution in [2.75, 3.05) is 5.73 Å². The first-order valence-electron chi connectivity index (χ1n) is 10.6. The molecule has 0 aliphatic heterocycles. The molecule has 1 spiro atoms. The molecule has 1 aromatic carbocycles. The molecule has 164 valence electrons. The van der Waals surface area contributed by atoms with Gasteiger partial charge in [0.2, 0.25) is 0 Å². The van der Waals surface area contributed by atoms with Gasteiger partial charge in [0, 0.05) is 29.3 Å². The monoisotopic (exact) mass is 451 g/mol. The number of aliphatic hydroxyl groups excluding tert-OH is 2. The van der Waals surface area contributed by atoms with E-state index in [2.05, 4.69) is 15.0 Å². The van der Waals surface area contributed by atoms with Gasteiger partial charge in [0.05, 0.1) is 34.2 Å². The number of halogens is 1. The molecule has 2 aliphatic rings. The van der Waals surface area contributed by atoms with E-state index in [0.29, 0.717) is 35.8 Å². The number of ether oxygens (including phenoxy) is 1. The summed E-state index contributed by atoms with van der Waals surface area (Å²) >= 11 is 6.00. The lowest BCUT2D eigenvalue weighted by molar-refractivity contribution is -0.105. The van der Waals surface area contributed by atoms with Gasteiger partial charge in [-0.05, 0) is 43.5 Å². The topological polar surface area (TPSA) is 119 Å². The molecule has 2 saturated carbocycles. The van der Waals surface area contributed by atoms with E-state index in [4.69, 9.17) is 22.1 Å². The number of fused-ring (bicyclic) bond motifs is 2. The average molecular weight is 452 g/mol. The van der Waals surface area contributed by atoms with Crippen molar-refractivity contribution in [1.82, 2.24) is 19.5 Å². The third-order valence-electron chi connectivity index (χ3n) is 7.05. The van der Waals surface area contributed by atoms with Gasteiger partial charge in [-0.2, -0.15) is 0 Å². The molecule has 3 heterocycles. The standard InChI is InChI=1S/C23H22ClN5O3/c24-13-5-12-1-2-14(6-17(12)26-10-13)32-15-7-23(8-15)9-18(19(30)20(23)31)29-4-3-16-21(25)27-11-28-22(16)29/h1-6,10-11,15,18-20,30-31H,7-9H2,(H2,25,27,28)/t15?,18-,19+,20+,23?/m1/s1. The fraction of sp³-hybridized carbons (Fsp3) is 0.348. The summed E-state index contributed by atoms with van der Waals surface area (Å²) in [5.74, 6) is 1.14.